The topological polar surface area (TPSA) is 116 Å². The summed E-state index contributed by atoms with van der Waals surface area (Å²) in [4.78, 5) is 37.0. The van der Waals surface area contributed by atoms with Crippen molar-refractivity contribution < 1.29 is 23.1 Å². The highest BCUT2D eigenvalue weighted by Crippen LogP contribution is 2.43. The Morgan fingerprint density at radius 3 is 2.16 bits per heavy atom. The van der Waals surface area contributed by atoms with E-state index in [1.165, 1.54) is 29.2 Å². The van der Waals surface area contributed by atoms with Gasteiger partial charge in [-0.2, -0.15) is 5.10 Å². The highest BCUT2D eigenvalue weighted by atomic mass is 19.1. The minimum atomic E-state index is -1.26. The summed E-state index contributed by atoms with van der Waals surface area (Å²) in [6.07, 6.45) is 5.77. The monoisotopic (exact) mass is 658 g/mol. The minimum Gasteiger partial charge on any atom is -0.445 e. The molecule has 0 radical (unpaired) electrons. The van der Waals surface area contributed by atoms with E-state index in [0.717, 1.165) is 27.8 Å². The van der Waals surface area contributed by atoms with E-state index < -0.39 is 17.5 Å². The van der Waals surface area contributed by atoms with Crippen molar-refractivity contribution in [1.29, 1.82) is 0 Å². The molecule has 1 aliphatic heterocycles. The Balaban J connectivity index is 1.29. The number of benzene rings is 3. The van der Waals surface area contributed by atoms with Gasteiger partial charge in [-0.05, 0) is 84.5 Å². The van der Waals surface area contributed by atoms with Crippen molar-refractivity contribution in [2.75, 3.05) is 6.54 Å². The molecule has 2 N–H and O–H groups in total. The maximum Gasteiger partial charge on any atom is 0.411 e. The Labute approximate surface area is 281 Å². The molecule has 3 aromatic carbocycles. The summed E-state index contributed by atoms with van der Waals surface area (Å²) >= 11 is 0. The summed E-state index contributed by atoms with van der Waals surface area (Å²) in [7, 11) is 0. The van der Waals surface area contributed by atoms with Crippen molar-refractivity contribution >= 4 is 23.0 Å². The third kappa shape index (κ3) is 6.22. The number of hydrogen-bond acceptors (Lipinski definition) is 6. The lowest BCUT2D eigenvalue weighted by molar-refractivity contribution is -0.128. The van der Waals surface area contributed by atoms with Gasteiger partial charge in [-0.25, -0.2) is 18.6 Å². The fraction of sp³-hybridized carbons (Fsp3) is 0.184. The van der Waals surface area contributed by atoms with Crippen molar-refractivity contribution in [2.45, 2.75) is 38.0 Å². The Bertz CT molecular complexity index is 2120. The van der Waals surface area contributed by atoms with E-state index in [4.69, 9.17) is 20.6 Å². The fourth-order valence-electron chi connectivity index (χ4n) is 6.61. The van der Waals surface area contributed by atoms with Gasteiger partial charge in [0, 0.05) is 53.8 Å². The summed E-state index contributed by atoms with van der Waals surface area (Å²) in [6.45, 7) is 0.648. The Hall–Kier alpha value is -5.97. The highest BCUT2D eigenvalue weighted by Gasteiger charge is 2.49. The number of fused-ring (bicyclic) bond motifs is 1. The lowest BCUT2D eigenvalue weighted by Crippen LogP contribution is -2.56. The van der Waals surface area contributed by atoms with E-state index in [1.54, 1.807) is 41.3 Å². The summed E-state index contributed by atoms with van der Waals surface area (Å²) in [5, 5.41) is 5.49. The molecule has 3 aromatic heterocycles. The van der Waals surface area contributed by atoms with Gasteiger partial charge in [-0.3, -0.25) is 19.4 Å². The van der Waals surface area contributed by atoms with Crippen molar-refractivity contribution in [3.8, 4) is 33.5 Å². The molecule has 1 atom stereocenters. The first-order valence-corrected chi connectivity index (χ1v) is 15.9. The number of hydrogen-bond donors (Lipinski definition) is 1. The Morgan fingerprint density at radius 2 is 1.49 bits per heavy atom. The quantitative estimate of drug-likeness (QED) is 0.176. The van der Waals surface area contributed by atoms with Crippen LogP contribution < -0.4 is 5.73 Å². The average molecular weight is 659 g/mol. The van der Waals surface area contributed by atoms with E-state index in [2.05, 4.69) is 4.98 Å². The van der Waals surface area contributed by atoms with E-state index in [0.29, 0.717) is 41.7 Å². The van der Waals surface area contributed by atoms with Crippen LogP contribution in [0.5, 0.6) is 0 Å². The summed E-state index contributed by atoms with van der Waals surface area (Å²) in [6, 6.07) is 25.3. The first kappa shape index (κ1) is 31.6. The lowest BCUT2D eigenvalue weighted by Gasteiger charge is -2.35. The number of nitrogens with zero attached hydrogens (tertiary/aromatic N) is 5. The molecule has 0 bridgehead atoms. The van der Waals surface area contributed by atoms with Gasteiger partial charge in [0.2, 0.25) is 5.91 Å². The predicted molar refractivity (Wildman–Crippen MR) is 181 cm³/mol. The summed E-state index contributed by atoms with van der Waals surface area (Å²) < 4.78 is 35.5. The molecule has 1 fully saturated rings. The van der Waals surface area contributed by atoms with Crippen molar-refractivity contribution in [3.63, 3.8) is 0 Å². The number of amides is 2. The largest absolute Gasteiger partial charge is 0.445 e. The summed E-state index contributed by atoms with van der Waals surface area (Å²) in [5.41, 5.74) is 10.2. The number of carbonyl (C=O) groups is 2. The zero-order valence-electron chi connectivity index (χ0n) is 26.4. The first-order chi connectivity index (χ1) is 23.8. The van der Waals surface area contributed by atoms with Gasteiger partial charge in [0.15, 0.2) is 5.65 Å². The van der Waals surface area contributed by atoms with Gasteiger partial charge in [-0.15, -0.1) is 0 Å². The molecule has 246 valence electrons. The van der Waals surface area contributed by atoms with Crippen LogP contribution in [0.25, 0.3) is 44.5 Å². The summed E-state index contributed by atoms with van der Waals surface area (Å²) in [5.74, 6) is -1.37. The van der Waals surface area contributed by atoms with Crippen LogP contribution in [0.2, 0.25) is 0 Å². The molecular formula is C38H32F2N6O3. The normalized spacial score (nSPS) is 15.8. The SMILES string of the molecule is NC(=O)C1(CCn2cc3c(-c4ccc(F)cc4)c(-c4ccncc4)c(-c4ccc(F)cc4)nc3n2)CCCN1C(=O)OCc1ccccc1. The number of ether oxygens (including phenoxy) is 1. The lowest BCUT2D eigenvalue weighted by atomic mass is 9.89. The molecule has 49 heavy (non-hydrogen) atoms. The van der Waals surface area contributed by atoms with E-state index in [-0.39, 0.29) is 31.2 Å². The van der Waals surface area contributed by atoms with E-state index >= 15 is 0 Å². The molecular weight excluding hydrogens is 626 g/mol. The van der Waals surface area contributed by atoms with Crippen LogP contribution in [0.1, 0.15) is 24.8 Å². The second-order valence-corrected chi connectivity index (χ2v) is 12.0. The van der Waals surface area contributed by atoms with Crippen LogP contribution in [0.4, 0.5) is 13.6 Å². The van der Waals surface area contributed by atoms with Crippen molar-refractivity contribution in [1.82, 2.24) is 24.6 Å². The van der Waals surface area contributed by atoms with Crippen LogP contribution in [0, 0.1) is 11.6 Å². The molecule has 11 heteroatoms. The molecule has 6 aromatic rings. The maximum absolute atomic E-state index is 14.2. The molecule has 1 unspecified atom stereocenters. The molecule has 2 amide bonds. The second kappa shape index (κ2) is 13.3. The molecule has 0 spiro atoms. The average Bonchev–Trinajstić information content (AvgIpc) is 3.75. The third-order valence-corrected chi connectivity index (χ3v) is 9.06. The smallest absolute Gasteiger partial charge is 0.411 e. The molecule has 4 heterocycles. The van der Waals surface area contributed by atoms with Gasteiger partial charge in [0.1, 0.15) is 23.8 Å². The predicted octanol–water partition coefficient (Wildman–Crippen LogP) is 7.15. The molecule has 9 nitrogen and oxygen atoms in total. The van der Waals surface area contributed by atoms with Gasteiger partial charge in [0.05, 0.1) is 5.69 Å². The molecule has 0 saturated carbocycles. The van der Waals surface area contributed by atoms with Gasteiger partial charge >= 0.3 is 6.09 Å². The van der Waals surface area contributed by atoms with Crippen LogP contribution in [0.15, 0.2) is 110 Å². The number of likely N-dealkylation sites (tertiary alicyclic amines) is 1. The number of aryl methyl sites for hydroxylation is 1. The van der Waals surface area contributed by atoms with Gasteiger partial charge in [-0.1, -0.05) is 42.5 Å². The first-order valence-electron chi connectivity index (χ1n) is 15.9. The van der Waals surface area contributed by atoms with E-state index in [9.17, 15) is 18.4 Å². The third-order valence-electron chi connectivity index (χ3n) is 9.06. The van der Waals surface area contributed by atoms with Crippen LogP contribution in [0.3, 0.4) is 0 Å². The zero-order chi connectivity index (χ0) is 34.0. The number of primary amides is 1. The van der Waals surface area contributed by atoms with Crippen LogP contribution >= 0.6 is 0 Å². The van der Waals surface area contributed by atoms with Gasteiger partial charge < -0.3 is 10.5 Å². The van der Waals surface area contributed by atoms with Crippen molar-refractivity contribution in [3.05, 3.63) is 127 Å². The minimum absolute atomic E-state index is 0.0730. The Kier molecular flexibility index (Phi) is 8.56. The number of rotatable bonds is 9. The highest BCUT2D eigenvalue weighted by molar-refractivity contribution is 6.06. The van der Waals surface area contributed by atoms with Gasteiger partial charge in [0.25, 0.3) is 0 Å². The number of carbonyl (C=O) groups excluding carboxylic acids is 2. The van der Waals surface area contributed by atoms with E-state index in [1.807, 2.05) is 48.7 Å². The van der Waals surface area contributed by atoms with Crippen LogP contribution in [-0.4, -0.2) is 48.7 Å². The maximum atomic E-state index is 14.2. The number of halogens is 2. The number of nitrogens with two attached hydrogens (primary N) is 1. The Morgan fingerprint density at radius 1 is 0.837 bits per heavy atom. The second-order valence-electron chi connectivity index (χ2n) is 12.0. The number of pyridine rings is 2. The number of aromatic nitrogens is 4. The standard InChI is InChI=1S/C38H32F2N6O3/c39-29-11-7-26(8-12-29)32-31-23-45(22-18-38(36(41)47)17-4-21-46(38)37(48)49-24-25-5-2-1-3-6-25)44-35(31)43-34(28-9-13-30(40)14-10-28)33(32)27-15-19-42-20-16-27/h1-3,5-16,19-20,23H,4,17-18,21-22,24H2,(H2,41,47). The molecule has 1 saturated heterocycles. The molecule has 7 rings (SSSR count). The fourth-order valence-corrected chi connectivity index (χ4v) is 6.61. The van der Waals surface area contributed by atoms with Crippen LogP contribution in [-0.2, 0) is 22.7 Å². The molecule has 0 aliphatic carbocycles. The molecule has 1 aliphatic rings. The zero-order valence-corrected chi connectivity index (χ0v) is 26.4. The van der Waals surface area contributed by atoms with Crippen molar-refractivity contribution in [2.24, 2.45) is 5.73 Å².